The summed E-state index contributed by atoms with van der Waals surface area (Å²) in [4.78, 5) is 36.1. The normalized spacial score (nSPS) is 10.7. The molecule has 0 atom stereocenters. The number of aliphatic hydroxyl groups is 3. The van der Waals surface area contributed by atoms with Crippen molar-refractivity contribution in [2.24, 2.45) is 0 Å². The van der Waals surface area contributed by atoms with Crippen LogP contribution in [0.5, 0.6) is 0 Å². The first-order valence-electron chi connectivity index (χ1n) is 8.78. The van der Waals surface area contributed by atoms with Crippen LogP contribution < -0.4 is 0 Å². The van der Waals surface area contributed by atoms with E-state index in [1.54, 1.807) is 0 Å². The summed E-state index contributed by atoms with van der Waals surface area (Å²) in [5, 5.41) is 26.4. The Morgan fingerprint density at radius 1 is 0.621 bits per heavy atom. The number of rotatable bonds is 15. The van der Waals surface area contributed by atoms with Gasteiger partial charge in [-0.15, -0.1) is 0 Å². The molecule has 0 fully saturated rings. The second-order valence-corrected chi connectivity index (χ2v) is 7.32. The summed E-state index contributed by atoms with van der Waals surface area (Å²) >= 11 is 0. The average molecular weight is 434 g/mol. The summed E-state index contributed by atoms with van der Waals surface area (Å²) in [5.41, 5.74) is -0.571. The van der Waals surface area contributed by atoms with Gasteiger partial charge in [0.05, 0.1) is 0 Å². The molecule has 29 heavy (non-hydrogen) atoms. The zero-order valence-corrected chi connectivity index (χ0v) is 17.0. The third-order valence-corrected chi connectivity index (χ3v) is 4.53. The highest BCUT2D eigenvalue weighted by atomic mass is 31.2. The second kappa shape index (κ2) is 13.8. The van der Waals surface area contributed by atoms with E-state index in [-0.39, 0.29) is 75.1 Å². The molecule has 10 nitrogen and oxygen atoms in total. The van der Waals surface area contributed by atoms with Crippen LogP contribution >= 0.6 is 7.82 Å². The number of carbonyl (C=O) groups is 3. The average Bonchev–Trinajstić information content (AvgIpc) is 2.67. The third-order valence-electron chi connectivity index (χ3n) is 3.36. The molecule has 0 bridgehead atoms. The topological polar surface area (TPSA) is 157 Å². The third kappa shape index (κ3) is 10.7. The molecule has 0 unspecified atom stereocenters. The molecule has 3 N–H and O–H groups in total. The van der Waals surface area contributed by atoms with Gasteiger partial charge in [0.2, 0.25) is 0 Å². The number of phosphoric acid groups is 1. The maximum atomic E-state index is 12.8. The molecular formula is C18H27O10P. The SMILES string of the molecule is C=C(CCCO)C(=O)OP(=O)(OC(=O)C(=C)CCCO)OC(=O)C(=C)CCCO. The molecule has 0 saturated carbocycles. The highest BCUT2D eigenvalue weighted by Gasteiger charge is 2.40. The second-order valence-electron chi connectivity index (χ2n) is 5.88. The first kappa shape index (κ1) is 26.7. The van der Waals surface area contributed by atoms with Crippen molar-refractivity contribution in [2.75, 3.05) is 19.8 Å². The van der Waals surface area contributed by atoms with E-state index in [1.165, 1.54) is 0 Å². The molecule has 0 aliphatic carbocycles. The lowest BCUT2D eigenvalue weighted by Crippen LogP contribution is -2.17. The van der Waals surface area contributed by atoms with Crippen molar-refractivity contribution in [2.45, 2.75) is 38.5 Å². The summed E-state index contributed by atoms with van der Waals surface area (Å²) in [6.45, 7) is 9.52. The lowest BCUT2D eigenvalue weighted by atomic mass is 10.2. The maximum Gasteiger partial charge on any atom is 0.654 e. The van der Waals surface area contributed by atoms with Gasteiger partial charge in [0.1, 0.15) is 0 Å². The van der Waals surface area contributed by atoms with Crippen molar-refractivity contribution in [1.29, 1.82) is 0 Å². The Balaban J connectivity index is 5.37. The number of carbonyl (C=O) groups excluding carboxylic acids is 3. The van der Waals surface area contributed by atoms with E-state index in [4.69, 9.17) is 15.3 Å². The Labute approximate surface area is 169 Å². The van der Waals surface area contributed by atoms with Crippen molar-refractivity contribution in [3.63, 3.8) is 0 Å². The van der Waals surface area contributed by atoms with Crippen LogP contribution in [-0.2, 0) is 32.5 Å². The molecule has 0 amide bonds. The Bertz CT molecular complexity index is 592. The Morgan fingerprint density at radius 3 is 1.07 bits per heavy atom. The van der Waals surface area contributed by atoms with Gasteiger partial charge in [0.25, 0.3) is 0 Å². The first-order chi connectivity index (χ1) is 13.6. The number of hydrogen-bond donors (Lipinski definition) is 3. The van der Waals surface area contributed by atoms with Gasteiger partial charge in [-0.3, -0.25) is 0 Å². The Hall–Kier alpha value is -2.26. The van der Waals surface area contributed by atoms with E-state index >= 15 is 0 Å². The number of phosphoric ester groups is 1. The van der Waals surface area contributed by atoms with Gasteiger partial charge in [0.15, 0.2) is 0 Å². The van der Waals surface area contributed by atoms with Crippen LogP contribution in [0, 0.1) is 0 Å². The predicted octanol–water partition coefficient (Wildman–Crippen LogP) is 1.71. The van der Waals surface area contributed by atoms with Crippen molar-refractivity contribution in [3.05, 3.63) is 36.5 Å². The van der Waals surface area contributed by atoms with Gasteiger partial charge >= 0.3 is 25.7 Å². The van der Waals surface area contributed by atoms with Gasteiger partial charge in [-0.1, -0.05) is 19.7 Å². The summed E-state index contributed by atoms with van der Waals surface area (Å²) in [6.07, 6.45) is 0.534. The lowest BCUT2D eigenvalue weighted by Gasteiger charge is -2.18. The molecule has 0 aliphatic rings. The molecule has 0 heterocycles. The predicted molar refractivity (Wildman–Crippen MR) is 102 cm³/mol. The van der Waals surface area contributed by atoms with Crippen LogP contribution in [0.1, 0.15) is 38.5 Å². The van der Waals surface area contributed by atoms with Crippen LogP contribution in [-0.4, -0.2) is 53.0 Å². The minimum atomic E-state index is -5.06. The van der Waals surface area contributed by atoms with Crippen LogP contribution in [0.4, 0.5) is 0 Å². The van der Waals surface area contributed by atoms with Crippen LogP contribution in [0.15, 0.2) is 36.5 Å². The first-order valence-corrected chi connectivity index (χ1v) is 10.2. The molecule has 0 aromatic carbocycles. The molecule has 0 aliphatic heterocycles. The molecule has 11 heteroatoms. The van der Waals surface area contributed by atoms with E-state index in [1.807, 2.05) is 0 Å². The van der Waals surface area contributed by atoms with Gasteiger partial charge in [-0.05, 0) is 38.5 Å². The fourth-order valence-corrected chi connectivity index (χ4v) is 2.85. The minimum Gasteiger partial charge on any atom is -0.396 e. The highest BCUT2D eigenvalue weighted by Crippen LogP contribution is 2.51. The van der Waals surface area contributed by atoms with Gasteiger partial charge in [-0.2, -0.15) is 4.57 Å². The Kier molecular flexibility index (Phi) is 12.8. The summed E-state index contributed by atoms with van der Waals surface area (Å²) in [5.74, 6) is -3.74. The molecule has 0 aromatic rings. The molecule has 0 aromatic heterocycles. The fraction of sp³-hybridized carbons (Fsp3) is 0.500. The summed E-state index contributed by atoms with van der Waals surface area (Å²) < 4.78 is 26.6. The van der Waals surface area contributed by atoms with Gasteiger partial charge in [-0.25, -0.2) is 14.4 Å². The molecule has 0 saturated heterocycles. The molecule has 0 radical (unpaired) electrons. The number of aliphatic hydroxyl groups excluding tert-OH is 3. The molecule has 164 valence electrons. The largest absolute Gasteiger partial charge is 0.654 e. The number of hydrogen-bond acceptors (Lipinski definition) is 10. The molecule has 0 spiro atoms. The van der Waals surface area contributed by atoms with E-state index in [9.17, 15) is 18.9 Å². The fourth-order valence-electron chi connectivity index (χ4n) is 1.74. The standard InChI is InChI=1S/C18H27O10P/c1-13(7-4-10-19)16(22)26-29(25,27-17(23)14(2)8-5-11-20)28-18(24)15(3)9-6-12-21/h19-21H,1-12H2. The van der Waals surface area contributed by atoms with Crippen molar-refractivity contribution in [1.82, 2.24) is 0 Å². The van der Waals surface area contributed by atoms with Crippen LogP contribution in [0.25, 0.3) is 0 Å². The Morgan fingerprint density at radius 2 is 0.862 bits per heavy atom. The van der Waals surface area contributed by atoms with Crippen LogP contribution in [0.2, 0.25) is 0 Å². The van der Waals surface area contributed by atoms with Gasteiger partial charge < -0.3 is 28.9 Å². The van der Waals surface area contributed by atoms with Gasteiger partial charge in [0, 0.05) is 36.5 Å². The summed E-state index contributed by atoms with van der Waals surface area (Å²) in [6, 6.07) is 0. The highest BCUT2D eigenvalue weighted by molar-refractivity contribution is 7.50. The smallest absolute Gasteiger partial charge is 0.396 e. The monoisotopic (exact) mass is 434 g/mol. The zero-order valence-electron chi connectivity index (χ0n) is 16.1. The van der Waals surface area contributed by atoms with Crippen LogP contribution in [0.3, 0.4) is 0 Å². The lowest BCUT2D eigenvalue weighted by molar-refractivity contribution is -0.140. The minimum absolute atomic E-state index is 0.00361. The van der Waals surface area contributed by atoms with Crippen molar-refractivity contribution in [3.8, 4) is 0 Å². The van der Waals surface area contributed by atoms with E-state index in [2.05, 4.69) is 33.3 Å². The summed E-state index contributed by atoms with van der Waals surface area (Å²) in [7, 11) is -5.06. The van der Waals surface area contributed by atoms with E-state index in [0.717, 1.165) is 0 Å². The van der Waals surface area contributed by atoms with Crippen molar-refractivity contribution >= 4 is 25.7 Å². The zero-order chi connectivity index (χ0) is 22.4. The molecular weight excluding hydrogens is 407 g/mol. The van der Waals surface area contributed by atoms with Crippen molar-refractivity contribution < 1.29 is 47.8 Å². The molecule has 0 rings (SSSR count). The van der Waals surface area contributed by atoms with E-state index in [0.29, 0.717) is 0 Å². The maximum absolute atomic E-state index is 12.8. The van der Waals surface area contributed by atoms with E-state index < -0.39 is 25.7 Å². The quantitative estimate of drug-likeness (QED) is 0.256.